The molecule has 1 aromatic heterocycles. The van der Waals surface area contributed by atoms with Crippen molar-refractivity contribution >= 4 is 10.0 Å². The fourth-order valence-electron chi connectivity index (χ4n) is 2.42. The molecule has 0 aliphatic carbocycles. The highest BCUT2D eigenvalue weighted by molar-refractivity contribution is 7.89. The Hall–Kier alpha value is -1.77. The van der Waals surface area contributed by atoms with Crippen LogP contribution >= 0.6 is 0 Å². The van der Waals surface area contributed by atoms with Gasteiger partial charge in [-0.25, -0.2) is 13.1 Å². The van der Waals surface area contributed by atoms with Crippen LogP contribution in [0.15, 0.2) is 33.7 Å². The number of benzene rings is 1. The van der Waals surface area contributed by atoms with E-state index in [1.54, 1.807) is 12.1 Å². The van der Waals surface area contributed by atoms with E-state index in [1.165, 1.54) is 7.05 Å². The molecular weight excluding hydrogens is 340 g/mol. The third kappa shape index (κ3) is 5.62. The summed E-state index contributed by atoms with van der Waals surface area (Å²) in [5.74, 6) is 1.82. The summed E-state index contributed by atoms with van der Waals surface area (Å²) in [4.78, 5) is 6.86. The molecule has 8 heteroatoms. The van der Waals surface area contributed by atoms with Gasteiger partial charge in [-0.2, -0.15) is 4.98 Å². The maximum absolute atomic E-state index is 11.8. The molecule has 0 amide bonds. The molecule has 1 heterocycles. The van der Waals surface area contributed by atoms with Crippen LogP contribution in [-0.2, 0) is 29.5 Å². The first-order chi connectivity index (χ1) is 11.8. The molecule has 0 atom stereocenters. The van der Waals surface area contributed by atoms with Gasteiger partial charge in [-0.3, -0.25) is 4.90 Å². The van der Waals surface area contributed by atoms with Gasteiger partial charge in [-0.15, -0.1) is 0 Å². The van der Waals surface area contributed by atoms with Gasteiger partial charge in [0.25, 0.3) is 0 Å². The fraction of sp³-hybridized carbons (Fsp3) is 0.529. The Bertz CT molecular complexity index is 769. The first-order valence-corrected chi connectivity index (χ1v) is 9.88. The summed E-state index contributed by atoms with van der Waals surface area (Å²) < 4.78 is 31.1. The summed E-state index contributed by atoms with van der Waals surface area (Å²) in [6.45, 7) is 8.39. The van der Waals surface area contributed by atoms with E-state index in [4.69, 9.17) is 4.52 Å². The Morgan fingerprint density at radius 3 is 2.44 bits per heavy atom. The third-order valence-corrected chi connectivity index (χ3v) is 5.24. The molecule has 0 saturated heterocycles. The lowest BCUT2D eigenvalue weighted by molar-refractivity contribution is 0.258. The van der Waals surface area contributed by atoms with Crippen molar-refractivity contribution in [2.75, 3.05) is 13.6 Å². The third-order valence-electron chi connectivity index (χ3n) is 3.81. The van der Waals surface area contributed by atoms with Gasteiger partial charge in [-0.1, -0.05) is 38.1 Å². The van der Waals surface area contributed by atoms with Crippen molar-refractivity contribution in [2.24, 2.45) is 5.92 Å². The van der Waals surface area contributed by atoms with E-state index in [1.807, 2.05) is 12.1 Å². The van der Waals surface area contributed by atoms with Gasteiger partial charge in [0.1, 0.15) is 0 Å². The summed E-state index contributed by atoms with van der Waals surface area (Å²) in [7, 11) is -2.00. The first-order valence-electron chi connectivity index (χ1n) is 8.40. The molecule has 0 spiro atoms. The van der Waals surface area contributed by atoms with E-state index in [-0.39, 0.29) is 4.90 Å². The highest BCUT2D eigenvalue weighted by atomic mass is 32.2. The molecule has 138 valence electrons. The van der Waals surface area contributed by atoms with Crippen LogP contribution in [0.1, 0.15) is 38.0 Å². The quantitative estimate of drug-likeness (QED) is 0.732. The minimum Gasteiger partial charge on any atom is -0.339 e. The first kappa shape index (κ1) is 19.6. The summed E-state index contributed by atoms with van der Waals surface area (Å²) in [6, 6.07) is 6.88. The van der Waals surface area contributed by atoms with Crippen LogP contribution in [-0.4, -0.2) is 37.1 Å². The lowest BCUT2D eigenvalue weighted by Crippen LogP contribution is -2.23. The lowest BCUT2D eigenvalue weighted by atomic mass is 10.1. The molecule has 7 nitrogen and oxygen atoms in total. The van der Waals surface area contributed by atoms with Crippen molar-refractivity contribution in [1.82, 2.24) is 19.8 Å². The molecule has 0 aliphatic heterocycles. The van der Waals surface area contributed by atoms with Crippen LogP contribution in [0.2, 0.25) is 0 Å². The van der Waals surface area contributed by atoms with E-state index in [0.29, 0.717) is 30.7 Å². The summed E-state index contributed by atoms with van der Waals surface area (Å²) >= 11 is 0. The average molecular weight is 366 g/mol. The largest absolute Gasteiger partial charge is 0.339 e. The second-order valence-corrected chi connectivity index (χ2v) is 8.24. The van der Waals surface area contributed by atoms with Gasteiger partial charge in [0.15, 0.2) is 5.82 Å². The predicted octanol–water partition coefficient (Wildman–Crippen LogP) is 2.20. The lowest BCUT2D eigenvalue weighted by Gasteiger charge is -2.18. The maximum Gasteiger partial charge on any atom is 0.240 e. The Kier molecular flexibility index (Phi) is 6.69. The number of hydrogen-bond donors (Lipinski definition) is 1. The Labute approximate surface area is 149 Å². The molecule has 0 aliphatic rings. The van der Waals surface area contributed by atoms with Crippen molar-refractivity contribution in [3.05, 3.63) is 41.5 Å². The standard InChI is InChI=1S/C17H26N4O3S/c1-5-21(12-16-19-17(24-20-16)10-13(2)3)11-14-6-8-15(9-7-14)25(22,23)18-4/h6-9,13,18H,5,10-12H2,1-4H3. The number of rotatable bonds is 9. The SMILES string of the molecule is CCN(Cc1ccc(S(=O)(=O)NC)cc1)Cc1noc(CC(C)C)n1. The molecular formula is C17H26N4O3S. The molecule has 2 rings (SSSR count). The molecule has 0 radical (unpaired) electrons. The molecule has 0 unspecified atom stereocenters. The summed E-state index contributed by atoms with van der Waals surface area (Å²) in [5.41, 5.74) is 1.03. The average Bonchev–Trinajstić information content (AvgIpc) is 3.01. The number of sulfonamides is 1. The second kappa shape index (κ2) is 8.55. The van der Waals surface area contributed by atoms with Gasteiger partial charge in [-0.05, 0) is 37.2 Å². The summed E-state index contributed by atoms with van der Waals surface area (Å²) in [6.07, 6.45) is 0.778. The van der Waals surface area contributed by atoms with Crippen LogP contribution in [0.25, 0.3) is 0 Å². The van der Waals surface area contributed by atoms with E-state index in [9.17, 15) is 8.42 Å². The molecule has 0 saturated carbocycles. The second-order valence-electron chi connectivity index (χ2n) is 6.36. The van der Waals surface area contributed by atoms with Gasteiger partial charge >= 0.3 is 0 Å². The molecule has 1 N–H and O–H groups in total. The van der Waals surface area contributed by atoms with Crippen LogP contribution in [0.4, 0.5) is 0 Å². The van der Waals surface area contributed by atoms with Crippen LogP contribution in [0.3, 0.4) is 0 Å². The molecule has 25 heavy (non-hydrogen) atoms. The monoisotopic (exact) mass is 366 g/mol. The zero-order chi connectivity index (χ0) is 18.4. The fourth-order valence-corrected chi connectivity index (χ4v) is 3.15. The van der Waals surface area contributed by atoms with Crippen molar-refractivity contribution in [3.8, 4) is 0 Å². The van der Waals surface area contributed by atoms with Crippen molar-refractivity contribution < 1.29 is 12.9 Å². The van der Waals surface area contributed by atoms with Gasteiger partial charge in [0.05, 0.1) is 11.4 Å². The van der Waals surface area contributed by atoms with E-state index >= 15 is 0 Å². The number of nitrogens with one attached hydrogen (secondary N) is 1. The number of nitrogens with zero attached hydrogens (tertiary/aromatic N) is 3. The van der Waals surface area contributed by atoms with Crippen LogP contribution in [0.5, 0.6) is 0 Å². The Balaban J connectivity index is 2.01. The Morgan fingerprint density at radius 1 is 1.20 bits per heavy atom. The smallest absolute Gasteiger partial charge is 0.240 e. The molecule has 0 fully saturated rings. The zero-order valence-electron chi connectivity index (χ0n) is 15.2. The maximum atomic E-state index is 11.8. The van der Waals surface area contributed by atoms with Gasteiger partial charge in [0.2, 0.25) is 15.9 Å². The van der Waals surface area contributed by atoms with Crippen LogP contribution < -0.4 is 4.72 Å². The highest BCUT2D eigenvalue weighted by Gasteiger charge is 2.14. The van der Waals surface area contributed by atoms with Gasteiger partial charge in [0, 0.05) is 13.0 Å². The number of aromatic nitrogens is 2. The van der Waals surface area contributed by atoms with E-state index in [0.717, 1.165) is 18.5 Å². The van der Waals surface area contributed by atoms with Crippen molar-refractivity contribution in [1.29, 1.82) is 0 Å². The molecule has 0 bridgehead atoms. The zero-order valence-corrected chi connectivity index (χ0v) is 16.0. The number of hydrogen-bond acceptors (Lipinski definition) is 6. The van der Waals surface area contributed by atoms with E-state index < -0.39 is 10.0 Å². The van der Waals surface area contributed by atoms with Crippen molar-refractivity contribution in [2.45, 2.75) is 45.2 Å². The summed E-state index contributed by atoms with van der Waals surface area (Å²) in [5, 5.41) is 4.04. The normalized spacial score (nSPS) is 12.2. The minimum atomic E-state index is -3.40. The Morgan fingerprint density at radius 2 is 1.88 bits per heavy atom. The van der Waals surface area contributed by atoms with Crippen molar-refractivity contribution in [3.63, 3.8) is 0 Å². The molecule has 2 aromatic rings. The van der Waals surface area contributed by atoms with Gasteiger partial charge < -0.3 is 4.52 Å². The van der Waals surface area contributed by atoms with Crippen LogP contribution in [0, 0.1) is 5.92 Å². The topological polar surface area (TPSA) is 88.3 Å². The molecule has 1 aromatic carbocycles. The van der Waals surface area contributed by atoms with E-state index in [2.05, 4.69) is 40.5 Å². The highest BCUT2D eigenvalue weighted by Crippen LogP contribution is 2.13. The minimum absolute atomic E-state index is 0.262. The predicted molar refractivity (Wildman–Crippen MR) is 95.3 cm³/mol.